The lowest BCUT2D eigenvalue weighted by Crippen LogP contribution is -2.99. The molecule has 15 heavy (non-hydrogen) atoms. The van der Waals surface area contributed by atoms with Crippen molar-refractivity contribution in [1.82, 2.24) is 10.2 Å². The molecule has 6 nitrogen and oxygen atoms in total. The van der Waals surface area contributed by atoms with Gasteiger partial charge in [0.2, 0.25) is 5.43 Å². The van der Waals surface area contributed by atoms with E-state index in [9.17, 15) is 10.0 Å². The van der Waals surface area contributed by atoms with Crippen LogP contribution >= 0.6 is 0 Å². The second kappa shape index (κ2) is 3.43. The monoisotopic (exact) mass is 207 g/mol. The number of nitrogens with zero attached hydrogens (tertiary/aromatic N) is 1. The molecule has 1 atom stereocenters. The molecule has 2 aromatic rings. The zero-order chi connectivity index (χ0) is 11.0. The molecule has 0 aliphatic rings. The van der Waals surface area contributed by atoms with Gasteiger partial charge in [-0.15, -0.1) is 0 Å². The molecule has 78 valence electrons. The van der Waals surface area contributed by atoms with Gasteiger partial charge in [-0.1, -0.05) is 0 Å². The van der Waals surface area contributed by atoms with Crippen LogP contribution in [0.3, 0.4) is 0 Å². The molecule has 0 aliphatic carbocycles. The van der Waals surface area contributed by atoms with Gasteiger partial charge < -0.3 is 5.21 Å². The SMILES string of the molecule is Cc1n[nH]c2ccc([NH+]([O-])O)cc2c1=O. The second-order valence-corrected chi connectivity index (χ2v) is 3.20. The van der Waals surface area contributed by atoms with Crippen LogP contribution < -0.4 is 10.7 Å². The third kappa shape index (κ3) is 1.61. The topological polar surface area (TPSA) is 93.5 Å². The quantitative estimate of drug-likeness (QED) is 0.556. The smallest absolute Gasteiger partial charge is 0.211 e. The molecule has 0 fully saturated rings. The number of quaternary nitrogens is 1. The van der Waals surface area contributed by atoms with Gasteiger partial charge in [0.05, 0.1) is 10.9 Å². The second-order valence-electron chi connectivity index (χ2n) is 3.20. The van der Waals surface area contributed by atoms with E-state index in [4.69, 9.17) is 5.21 Å². The molecular formula is C9H9N3O3. The van der Waals surface area contributed by atoms with Crippen LogP contribution in [0, 0.1) is 12.1 Å². The summed E-state index contributed by atoms with van der Waals surface area (Å²) in [6.45, 7) is 1.58. The van der Waals surface area contributed by atoms with Gasteiger partial charge in [0.15, 0.2) is 5.69 Å². The highest BCUT2D eigenvalue weighted by molar-refractivity contribution is 5.80. The van der Waals surface area contributed by atoms with E-state index in [0.29, 0.717) is 16.6 Å². The Labute approximate surface area is 84.3 Å². The number of benzene rings is 1. The zero-order valence-corrected chi connectivity index (χ0v) is 7.94. The van der Waals surface area contributed by atoms with Gasteiger partial charge in [0.1, 0.15) is 5.69 Å². The molecule has 0 radical (unpaired) electrons. The Balaban J connectivity index is 2.80. The van der Waals surface area contributed by atoms with Crippen LogP contribution in [0.25, 0.3) is 10.9 Å². The average Bonchev–Trinajstić information content (AvgIpc) is 2.23. The minimum absolute atomic E-state index is 0.0959. The summed E-state index contributed by atoms with van der Waals surface area (Å²) in [4.78, 5) is 11.6. The lowest BCUT2D eigenvalue weighted by atomic mass is 10.2. The third-order valence-electron chi connectivity index (χ3n) is 2.18. The van der Waals surface area contributed by atoms with Gasteiger partial charge in [0.25, 0.3) is 0 Å². The predicted molar refractivity (Wildman–Crippen MR) is 52.9 cm³/mol. The Kier molecular flexibility index (Phi) is 2.24. The molecule has 0 aliphatic heterocycles. The van der Waals surface area contributed by atoms with E-state index in [1.807, 2.05) is 0 Å². The van der Waals surface area contributed by atoms with Crippen LogP contribution in [-0.4, -0.2) is 15.4 Å². The van der Waals surface area contributed by atoms with Crippen molar-refractivity contribution < 1.29 is 10.4 Å². The number of aromatic nitrogens is 2. The van der Waals surface area contributed by atoms with Crippen molar-refractivity contribution in [1.29, 1.82) is 0 Å². The first-order chi connectivity index (χ1) is 7.09. The van der Waals surface area contributed by atoms with Gasteiger partial charge in [0, 0.05) is 12.1 Å². The van der Waals surface area contributed by atoms with E-state index in [-0.39, 0.29) is 11.1 Å². The standard InChI is InChI=1S/C9H9N3O3/c1-5-9(13)7-4-6(12(14)15)2-3-8(7)11-10-5/h2-4,12,14H,1H3,(H,11,13). The summed E-state index contributed by atoms with van der Waals surface area (Å²) in [6.07, 6.45) is 0. The van der Waals surface area contributed by atoms with Crippen LogP contribution in [-0.2, 0) is 0 Å². The Hall–Kier alpha value is -1.76. The van der Waals surface area contributed by atoms with Crippen LogP contribution in [0.2, 0.25) is 0 Å². The molecule has 0 saturated heterocycles. The van der Waals surface area contributed by atoms with Crippen molar-refractivity contribution >= 4 is 16.6 Å². The number of hydrogen-bond acceptors (Lipinski definition) is 4. The Bertz CT molecular complexity index is 562. The molecule has 3 N–H and O–H groups in total. The van der Waals surface area contributed by atoms with Crippen molar-refractivity contribution in [3.05, 3.63) is 39.3 Å². The van der Waals surface area contributed by atoms with Crippen molar-refractivity contribution in [2.45, 2.75) is 6.92 Å². The predicted octanol–water partition coefficient (Wildman–Crippen LogP) is -0.365. The molecule has 1 unspecified atom stereocenters. The molecule has 0 spiro atoms. The van der Waals surface area contributed by atoms with E-state index in [0.717, 1.165) is 0 Å². The first kappa shape index (κ1) is 9.78. The van der Waals surface area contributed by atoms with Crippen molar-refractivity contribution in [3.63, 3.8) is 0 Å². The number of fused-ring (bicyclic) bond motifs is 1. The molecule has 0 saturated carbocycles. The minimum atomic E-state index is -1.05. The fourth-order valence-corrected chi connectivity index (χ4v) is 1.35. The average molecular weight is 207 g/mol. The number of nitrogens with one attached hydrogen (secondary N) is 2. The number of aromatic amines is 1. The van der Waals surface area contributed by atoms with Gasteiger partial charge >= 0.3 is 0 Å². The summed E-state index contributed by atoms with van der Waals surface area (Å²) in [7, 11) is 0. The lowest BCUT2D eigenvalue weighted by Gasteiger charge is -2.11. The summed E-state index contributed by atoms with van der Waals surface area (Å²) in [5.41, 5.74) is 0.714. The molecule has 0 amide bonds. The van der Waals surface area contributed by atoms with Crippen LogP contribution in [0.5, 0.6) is 0 Å². The Morgan fingerprint density at radius 3 is 2.93 bits per heavy atom. The first-order valence-corrected chi connectivity index (χ1v) is 4.32. The largest absolute Gasteiger partial charge is 0.595 e. The third-order valence-corrected chi connectivity index (χ3v) is 2.18. The van der Waals surface area contributed by atoms with Gasteiger partial charge in [-0.25, -0.2) is 5.21 Å². The van der Waals surface area contributed by atoms with E-state index >= 15 is 0 Å². The van der Waals surface area contributed by atoms with Crippen LogP contribution in [0.15, 0.2) is 23.0 Å². The Morgan fingerprint density at radius 2 is 2.27 bits per heavy atom. The van der Waals surface area contributed by atoms with E-state index in [1.165, 1.54) is 18.2 Å². The van der Waals surface area contributed by atoms with Gasteiger partial charge in [-0.3, -0.25) is 9.89 Å². The molecule has 1 aromatic heterocycles. The highest BCUT2D eigenvalue weighted by atomic mass is 16.8. The van der Waals surface area contributed by atoms with Gasteiger partial charge in [-0.2, -0.15) is 10.3 Å². The lowest BCUT2D eigenvalue weighted by molar-refractivity contribution is -0.991. The first-order valence-electron chi connectivity index (χ1n) is 4.32. The minimum Gasteiger partial charge on any atom is -0.595 e. The van der Waals surface area contributed by atoms with Crippen molar-refractivity contribution in [3.8, 4) is 0 Å². The molecule has 1 heterocycles. The van der Waals surface area contributed by atoms with Crippen LogP contribution in [0.4, 0.5) is 5.69 Å². The van der Waals surface area contributed by atoms with E-state index in [1.54, 1.807) is 6.92 Å². The summed E-state index contributed by atoms with van der Waals surface area (Å²) in [6, 6.07) is 4.31. The number of H-pyrrole nitrogens is 1. The number of rotatable bonds is 1. The fourth-order valence-electron chi connectivity index (χ4n) is 1.35. The molecular weight excluding hydrogens is 198 g/mol. The van der Waals surface area contributed by atoms with Gasteiger partial charge in [-0.05, 0) is 13.0 Å². The normalized spacial score (nSPS) is 13.0. The van der Waals surface area contributed by atoms with Crippen molar-refractivity contribution in [2.24, 2.45) is 0 Å². The number of aryl methyl sites for hydroxylation is 1. The summed E-state index contributed by atoms with van der Waals surface area (Å²) >= 11 is 0. The Morgan fingerprint density at radius 1 is 1.53 bits per heavy atom. The fraction of sp³-hybridized carbons (Fsp3) is 0.111. The maximum Gasteiger partial charge on any atom is 0.211 e. The highest BCUT2D eigenvalue weighted by Gasteiger charge is 2.06. The summed E-state index contributed by atoms with van der Waals surface area (Å²) < 4.78 is 0. The number of hydrogen-bond donors (Lipinski definition) is 3. The maximum absolute atomic E-state index is 11.6. The molecule has 2 rings (SSSR count). The maximum atomic E-state index is 11.6. The molecule has 0 bridgehead atoms. The van der Waals surface area contributed by atoms with E-state index in [2.05, 4.69) is 10.2 Å². The summed E-state index contributed by atoms with van der Waals surface area (Å²) in [5, 5.41) is 25.3. The molecule has 6 heteroatoms. The summed E-state index contributed by atoms with van der Waals surface area (Å²) in [5.74, 6) is 0. The van der Waals surface area contributed by atoms with Crippen LogP contribution in [0.1, 0.15) is 5.69 Å². The molecule has 1 aromatic carbocycles. The zero-order valence-electron chi connectivity index (χ0n) is 7.94. The van der Waals surface area contributed by atoms with E-state index < -0.39 is 5.23 Å². The van der Waals surface area contributed by atoms with Crippen molar-refractivity contribution in [2.75, 3.05) is 0 Å². The highest BCUT2D eigenvalue weighted by Crippen LogP contribution is 2.10.